The second-order valence-corrected chi connectivity index (χ2v) is 4.50. The Kier molecular flexibility index (Phi) is 4.50. The molecule has 0 radical (unpaired) electrons. The van der Waals surface area contributed by atoms with Crippen LogP contribution in [0.5, 0.6) is 0 Å². The van der Waals surface area contributed by atoms with E-state index < -0.39 is 12.0 Å². The molecule has 2 aromatic carbocycles. The third-order valence-electron chi connectivity index (χ3n) is 2.87. The van der Waals surface area contributed by atoms with E-state index in [1.54, 1.807) is 54.6 Å². The lowest BCUT2D eigenvalue weighted by atomic mass is 10.1. The molecule has 2 aromatic rings. The molecule has 0 saturated carbocycles. The Balaban J connectivity index is 2.41. The van der Waals surface area contributed by atoms with Crippen LogP contribution in [0, 0.1) is 0 Å². The number of benzene rings is 2. The minimum absolute atomic E-state index is 0.0285. The number of carbonyl (C=O) groups is 1. The zero-order valence-electron chi connectivity index (χ0n) is 11.4. The average molecular weight is 306 g/mol. The summed E-state index contributed by atoms with van der Waals surface area (Å²) in [7, 11) is 0. The zero-order valence-corrected chi connectivity index (χ0v) is 11.4. The van der Waals surface area contributed by atoms with Crippen molar-refractivity contribution in [2.45, 2.75) is 6.18 Å². The molecule has 0 aliphatic heterocycles. The quantitative estimate of drug-likeness (QED) is 0.666. The number of alkyl halides is 3. The van der Waals surface area contributed by atoms with Crippen LogP contribution in [0.4, 0.5) is 24.5 Å². The molecule has 114 valence electrons. The largest absolute Gasteiger partial charge is 0.454 e. The monoisotopic (exact) mass is 306 g/mol. The molecule has 22 heavy (non-hydrogen) atoms. The predicted octanol–water partition coefficient (Wildman–Crippen LogP) is 3.85. The summed E-state index contributed by atoms with van der Waals surface area (Å²) in [4.78, 5) is 11.3. The van der Waals surface area contributed by atoms with Crippen LogP contribution in [-0.2, 0) is 4.79 Å². The molecule has 0 bridgehead atoms. The highest BCUT2D eigenvalue weighted by molar-refractivity contribution is 6.02. The highest BCUT2D eigenvalue weighted by Crippen LogP contribution is 2.25. The minimum atomic E-state index is -4.93. The Morgan fingerprint density at radius 2 is 1.59 bits per heavy atom. The van der Waals surface area contributed by atoms with Crippen molar-refractivity contribution in [1.82, 2.24) is 0 Å². The van der Waals surface area contributed by atoms with Crippen molar-refractivity contribution in [2.75, 3.05) is 11.1 Å². The number of anilines is 2. The SMILES string of the molecule is Nc1ccccc1N/C(=C/C(=O)C(F)(F)F)c1ccccc1. The lowest BCUT2D eigenvalue weighted by molar-refractivity contribution is -0.165. The van der Waals surface area contributed by atoms with Crippen LogP contribution in [0.1, 0.15) is 5.56 Å². The average Bonchev–Trinajstić information content (AvgIpc) is 2.48. The van der Waals surface area contributed by atoms with Gasteiger partial charge in [-0.2, -0.15) is 13.2 Å². The normalized spacial score (nSPS) is 12.0. The molecule has 0 unspecified atom stereocenters. The molecule has 0 heterocycles. The van der Waals surface area contributed by atoms with E-state index >= 15 is 0 Å². The van der Waals surface area contributed by atoms with E-state index in [2.05, 4.69) is 5.32 Å². The third-order valence-corrected chi connectivity index (χ3v) is 2.87. The van der Waals surface area contributed by atoms with E-state index in [0.29, 0.717) is 23.0 Å². The molecule has 3 nitrogen and oxygen atoms in total. The number of nitrogen functional groups attached to an aromatic ring is 1. The summed E-state index contributed by atoms with van der Waals surface area (Å²) < 4.78 is 37.5. The molecule has 2 rings (SSSR count). The first-order valence-electron chi connectivity index (χ1n) is 6.38. The van der Waals surface area contributed by atoms with Crippen LogP contribution in [0.15, 0.2) is 60.7 Å². The van der Waals surface area contributed by atoms with Crippen molar-refractivity contribution in [3.05, 3.63) is 66.2 Å². The van der Waals surface area contributed by atoms with E-state index in [0.717, 1.165) is 0 Å². The summed E-state index contributed by atoms with van der Waals surface area (Å²) in [6.07, 6.45) is -4.40. The van der Waals surface area contributed by atoms with Crippen LogP contribution in [0.2, 0.25) is 0 Å². The van der Waals surface area contributed by atoms with Crippen LogP contribution < -0.4 is 11.1 Å². The number of rotatable bonds is 4. The number of hydrogen-bond acceptors (Lipinski definition) is 3. The number of nitrogens with one attached hydrogen (secondary N) is 1. The minimum Gasteiger partial charge on any atom is -0.397 e. The topological polar surface area (TPSA) is 55.1 Å². The van der Waals surface area contributed by atoms with E-state index in [9.17, 15) is 18.0 Å². The smallest absolute Gasteiger partial charge is 0.397 e. The van der Waals surface area contributed by atoms with Gasteiger partial charge < -0.3 is 11.1 Å². The molecule has 0 aliphatic carbocycles. The van der Waals surface area contributed by atoms with Crippen LogP contribution in [-0.4, -0.2) is 12.0 Å². The van der Waals surface area contributed by atoms with Gasteiger partial charge in [-0.05, 0) is 17.7 Å². The first kappa shape index (κ1) is 15.6. The Morgan fingerprint density at radius 3 is 2.18 bits per heavy atom. The summed E-state index contributed by atoms with van der Waals surface area (Å²) in [6, 6.07) is 14.9. The van der Waals surface area contributed by atoms with Gasteiger partial charge in [0.05, 0.1) is 11.4 Å². The van der Waals surface area contributed by atoms with Gasteiger partial charge in [-0.25, -0.2) is 0 Å². The summed E-state index contributed by atoms with van der Waals surface area (Å²) in [5, 5.41) is 2.78. The molecule has 3 N–H and O–H groups in total. The number of ketones is 1. The first-order valence-corrected chi connectivity index (χ1v) is 6.38. The van der Waals surface area contributed by atoms with E-state index in [4.69, 9.17) is 5.73 Å². The molecule has 0 amide bonds. The van der Waals surface area contributed by atoms with Gasteiger partial charge in [0.1, 0.15) is 0 Å². The van der Waals surface area contributed by atoms with Crippen molar-refractivity contribution in [1.29, 1.82) is 0 Å². The van der Waals surface area contributed by atoms with E-state index in [1.807, 2.05) is 0 Å². The molecular formula is C16H13F3N2O. The number of allylic oxidation sites excluding steroid dienone is 1. The number of nitrogens with two attached hydrogens (primary N) is 1. The van der Waals surface area contributed by atoms with Crippen LogP contribution >= 0.6 is 0 Å². The lowest BCUT2D eigenvalue weighted by Gasteiger charge is -2.13. The number of para-hydroxylation sites is 2. The summed E-state index contributed by atoms with van der Waals surface area (Å²) in [5.74, 6) is -1.94. The van der Waals surface area contributed by atoms with E-state index in [1.165, 1.54) is 0 Å². The van der Waals surface area contributed by atoms with Crippen molar-refractivity contribution < 1.29 is 18.0 Å². The molecule has 0 aliphatic rings. The molecule has 0 aromatic heterocycles. The standard InChI is InChI=1S/C16H13F3N2O/c17-16(18,19)15(22)10-14(11-6-2-1-3-7-11)21-13-9-5-4-8-12(13)20/h1-10,21H,20H2/b14-10+. The van der Waals surface area contributed by atoms with Crippen LogP contribution in [0.3, 0.4) is 0 Å². The van der Waals surface area contributed by atoms with Gasteiger partial charge in [0, 0.05) is 11.8 Å². The molecule has 0 atom stereocenters. The fourth-order valence-corrected chi connectivity index (χ4v) is 1.78. The molecule has 0 spiro atoms. The first-order chi connectivity index (χ1) is 10.4. The Labute approximate surface area is 125 Å². The lowest BCUT2D eigenvalue weighted by Crippen LogP contribution is -2.21. The number of carbonyl (C=O) groups excluding carboxylic acids is 1. The van der Waals surface area contributed by atoms with Gasteiger partial charge in [0.25, 0.3) is 5.78 Å². The van der Waals surface area contributed by atoms with E-state index in [-0.39, 0.29) is 5.70 Å². The summed E-state index contributed by atoms with van der Waals surface area (Å²) >= 11 is 0. The maximum atomic E-state index is 12.5. The van der Waals surface area contributed by atoms with Crippen LogP contribution in [0.25, 0.3) is 5.70 Å². The molecule has 0 fully saturated rings. The van der Waals surface area contributed by atoms with Gasteiger partial charge in [-0.15, -0.1) is 0 Å². The highest BCUT2D eigenvalue weighted by atomic mass is 19.4. The second-order valence-electron chi connectivity index (χ2n) is 4.50. The van der Waals surface area contributed by atoms with Crippen molar-refractivity contribution in [3.8, 4) is 0 Å². The maximum absolute atomic E-state index is 12.5. The Bertz CT molecular complexity index is 694. The summed E-state index contributed by atoms with van der Waals surface area (Å²) in [6.45, 7) is 0. The fourth-order valence-electron chi connectivity index (χ4n) is 1.78. The number of halogens is 3. The van der Waals surface area contributed by atoms with Crippen molar-refractivity contribution in [2.24, 2.45) is 0 Å². The molecule has 6 heteroatoms. The second kappa shape index (κ2) is 6.34. The highest BCUT2D eigenvalue weighted by Gasteiger charge is 2.36. The Morgan fingerprint density at radius 1 is 1.00 bits per heavy atom. The van der Waals surface area contributed by atoms with Gasteiger partial charge in [-0.3, -0.25) is 4.79 Å². The third kappa shape index (κ3) is 3.88. The van der Waals surface area contributed by atoms with Crippen molar-refractivity contribution in [3.63, 3.8) is 0 Å². The predicted molar refractivity (Wildman–Crippen MR) is 80.0 cm³/mol. The van der Waals surface area contributed by atoms with Gasteiger partial charge in [-0.1, -0.05) is 42.5 Å². The zero-order chi connectivity index (χ0) is 16.2. The van der Waals surface area contributed by atoms with Gasteiger partial charge in [0.15, 0.2) is 0 Å². The number of hydrogen-bond donors (Lipinski definition) is 2. The van der Waals surface area contributed by atoms with Gasteiger partial charge >= 0.3 is 6.18 Å². The van der Waals surface area contributed by atoms with Gasteiger partial charge in [0.2, 0.25) is 0 Å². The Hall–Kier alpha value is -2.76. The fraction of sp³-hybridized carbons (Fsp3) is 0.0625. The molecular weight excluding hydrogens is 293 g/mol. The van der Waals surface area contributed by atoms with Crippen molar-refractivity contribution >= 4 is 22.9 Å². The summed E-state index contributed by atoms with van der Waals surface area (Å²) in [5.41, 5.74) is 7.03. The maximum Gasteiger partial charge on any atom is 0.454 e. The molecule has 0 saturated heterocycles.